The third kappa shape index (κ3) is 1.92. The van der Waals surface area contributed by atoms with Gasteiger partial charge >= 0.3 is 0 Å². The monoisotopic (exact) mass is 215 g/mol. The van der Waals surface area contributed by atoms with Gasteiger partial charge in [0.2, 0.25) is 0 Å². The first kappa shape index (κ1) is 11.5. The lowest BCUT2D eigenvalue weighted by Gasteiger charge is -2.45. The molecule has 0 bridgehead atoms. The van der Waals surface area contributed by atoms with Gasteiger partial charge in [-0.05, 0) is 11.1 Å². The van der Waals surface area contributed by atoms with Gasteiger partial charge < -0.3 is 5.73 Å². The maximum Gasteiger partial charge on any atom is 0.0490 e. The fraction of sp³-hybridized carbons (Fsp3) is 1.00. The van der Waals surface area contributed by atoms with Crippen molar-refractivity contribution < 1.29 is 0 Å². The molecule has 0 aromatic carbocycles. The van der Waals surface area contributed by atoms with Gasteiger partial charge in [0.15, 0.2) is 0 Å². The van der Waals surface area contributed by atoms with Crippen molar-refractivity contribution in [1.82, 2.24) is 0 Å². The van der Waals surface area contributed by atoms with E-state index in [-0.39, 0.29) is 9.52 Å². The molecule has 1 rings (SSSR count). The van der Waals surface area contributed by atoms with Crippen LogP contribution in [0.5, 0.6) is 0 Å². The molecule has 0 amide bonds. The fourth-order valence-electron chi connectivity index (χ4n) is 3.07. The number of nitrogens with two attached hydrogens (primary N) is 1. The Morgan fingerprint density at radius 3 is 2.38 bits per heavy atom. The highest BCUT2D eigenvalue weighted by Gasteiger charge is 2.48. The van der Waals surface area contributed by atoms with Crippen LogP contribution in [0.1, 0.15) is 26.2 Å². The van der Waals surface area contributed by atoms with E-state index in [4.69, 9.17) is 5.73 Å². The number of hydrogen-bond acceptors (Lipinski definition) is 1. The fourth-order valence-corrected chi connectivity index (χ4v) is 11.1. The van der Waals surface area contributed by atoms with Crippen LogP contribution in [0.4, 0.5) is 0 Å². The molecule has 2 N–H and O–H groups in total. The average molecular weight is 215 g/mol. The van der Waals surface area contributed by atoms with Crippen LogP contribution in [0.15, 0.2) is 0 Å². The zero-order valence-corrected chi connectivity index (χ0v) is 12.1. The highest BCUT2D eigenvalue weighted by Crippen LogP contribution is 2.50. The zero-order chi connectivity index (χ0) is 10.1. The van der Waals surface area contributed by atoms with Crippen molar-refractivity contribution in [2.75, 3.05) is 0 Å². The van der Waals surface area contributed by atoms with Gasteiger partial charge in [-0.15, -0.1) is 0 Å². The Morgan fingerprint density at radius 1 is 1.46 bits per heavy atom. The predicted octanol–water partition coefficient (Wildman–Crippen LogP) is 2.14. The van der Waals surface area contributed by atoms with Crippen molar-refractivity contribution in [2.24, 2.45) is 5.73 Å². The van der Waals surface area contributed by atoms with E-state index in [1.54, 1.807) is 6.04 Å². The van der Waals surface area contributed by atoms with Gasteiger partial charge in [-0.25, -0.2) is 0 Å². The Bertz CT molecular complexity index is 168. The Balaban J connectivity index is 2.87. The topological polar surface area (TPSA) is 26.0 Å². The minimum atomic E-state index is -1.02. The van der Waals surface area contributed by atoms with Crippen LogP contribution in [0, 0.1) is 0 Å². The number of hydrogen-bond donors (Lipinski definition) is 1. The van der Waals surface area contributed by atoms with Crippen molar-refractivity contribution in [3.8, 4) is 0 Å². The molecule has 2 unspecified atom stereocenters. The minimum Gasteiger partial charge on any atom is -0.328 e. The Morgan fingerprint density at radius 2 is 2.08 bits per heavy atom. The van der Waals surface area contributed by atoms with E-state index in [2.05, 4.69) is 26.6 Å². The summed E-state index contributed by atoms with van der Waals surface area (Å²) in [6.07, 6.45) is 4.13. The molecule has 1 aliphatic rings. The van der Waals surface area contributed by atoms with Gasteiger partial charge in [-0.1, -0.05) is 45.5 Å². The van der Waals surface area contributed by atoms with Crippen LogP contribution in [-0.2, 0) is 0 Å². The molecule has 78 valence electrons. The summed E-state index contributed by atoms with van der Waals surface area (Å²) in [6, 6.07) is 2.08. The first-order chi connectivity index (χ1) is 5.94. The Labute approximate surface area is 86.3 Å². The van der Waals surface area contributed by atoms with E-state index in [9.17, 15) is 0 Å². The Hall–Kier alpha value is 0.394. The van der Waals surface area contributed by atoms with Crippen LogP contribution < -0.4 is 5.73 Å². The van der Waals surface area contributed by atoms with Gasteiger partial charge in [0.1, 0.15) is 0 Å². The second-order valence-corrected chi connectivity index (χ2v) is 14.3. The molecule has 1 heterocycles. The van der Waals surface area contributed by atoms with Crippen molar-refractivity contribution in [1.29, 1.82) is 0 Å². The molecule has 13 heavy (non-hydrogen) atoms. The van der Waals surface area contributed by atoms with E-state index >= 15 is 0 Å². The predicted molar refractivity (Wildman–Crippen MR) is 66.9 cm³/mol. The highest BCUT2D eigenvalue weighted by atomic mass is 28.4. The van der Waals surface area contributed by atoms with Crippen molar-refractivity contribution in [3.05, 3.63) is 0 Å². The average Bonchev–Trinajstić information content (AvgIpc) is 2.50. The summed E-state index contributed by atoms with van der Waals surface area (Å²) in [7, 11) is -0.897. The molecule has 1 aliphatic heterocycles. The normalized spacial score (nSPS) is 33.9. The van der Waals surface area contributed by atoms with Gasteiger partial charge in [0.05, 0.1) is 0 Å². The van der Waals surface area contributed by atoms with Crippen LogP contribution in [0.2, 0.25) is 30.3 Å². The maximum absolute atomic E-state index is 6.37. The van der Waals surface area contributed by atoms with Crippen LogP contribution in [-0.4, -0.2) is 23.6 Å². The zero-order valence-electron chi connectivity index (χ0n) is 9.69. The lowest BCUT2D eigenvalue weighted by atomic mass is 10.1. The largest absolute Gasteiger partial charge is 0.328 e. The molecule has 3 heteroatoms. The third-order valence-electron chi connectivity index (χ3n) is 4.14. The summed E-state index contributed by atoms with van der Waals surface area (Å²) in [5, 5.41) is 0. The molecule has 0 aromatic rings. The second-order valence-electron chi connectivity index (χ2n) is 5.63. The molecule has 0 radical (unpaired) electrons. The molecular weight excluding hydrogens is 190 g/mol. The summed E-state index contributed by atoms with van der Waals surface area (Å²) < 4.78 is 0.696. The lowest BCUT2D eigenvalue weighted by Crippen LogP contribution is -2.52. The summed E-state index contributed by atoms with van der Waals surface area (Å²) in [5.41, 5.74) is 6.37. The summed E-state index contributed by atoms with van der Waals surface area (Å²) in [4.78, 5) is 0. The highest BCUT2D eigenvalue weighted by molar-refractivity contribution is 6.88. The van der Waals surface area contributed by atoms with Crippen molar-refractivity contribution >= 4 is 17.6 Å². The quantitative estimate of drug-likeness (QED) is 0.717. The Kier molecular flexibility index (Phi) is 3.41. The van der Waals surface area contributed by atoms with E-state index < -0.39 is 8.07 Å². The van der Waals surface area contributed by atoms with Crippen LogP contribution in [0.3, 0.4) is 0 Å². The van der Waals surface area contributed by atoms with Crippen LogP contribution in [0.25, 0.3) is 0 Å². The minimum absolute atomic E-state index is 0.124. The summed E-state index contributed by atoms with van der Waals surface area (Å²) >= 11 is 0. The lowest BCUT2D eigenvalue weighted by molar-refractivity contribution is 0.518. The molecular formula is C10H25NSi2. The van der Waals surface area contributed by atoms with Gasteiger partial charge in [0, 0.05) is 23.6 Å². The standard InChI is InChI=1S/C10H25NSi2/c1-5-9(11)10(13(2,3)4)7-6-8-12-10/h9H,5-8,11-12H2,1-4H3. The molecule has 0 aliphatic carbocycles. The third-order valence-corrected chi connectivity index (χ3v) is 14.3. The summed E-state index contributed by atoms with van der Waals surface area (Å²) in [6.45, 7) is 9.85. The molecule has 2 atom stereocenters. The molecule has 1 fully saturated rings. The van der Waals surface area contributed by atoms with E-state index in [0.717, 1.165) is 0 Å². The van der Waals surface area contributed by atoms with E-state index in [0.29, 0.717) is 10.7 Å². The van der Waals surface area contributed by atoms with Crippen LogP contribution >= 0.6 is 0 Å². The molecule has 0 spiro atoms. The molecule has 0 aromatic heterocycles. The SMILES string of the molecule is CCC(N)C1([Si](C)(C)C)CCC[SiH2]1. The van der Waals surface area contributed by atoms with Crippen molar-refractivity contribution in [3.63, 3.8) is 0 Å². The maximum atomic E-state index is 6.37. The van der Waals surface area contributed by atoms with Gasteiger partial charge in [-0.2, -0.15) is 0 Å². The first-order valence-electron chi connectivity index (χ1n) is 5.69. The molecule has 0 saturated carbocycles. The van der Waals surface area contributed by atoms with Crippen molar-refractivity contribution in [2.45, 2.75) is 62.6 Å². The van der Waals surface area contributed by atoms with Gasteiger partial charge in [0.25, 0.3) is 0 Å². The smallest absolute Gasteiger partial charge is 0.0490 e. The summed E-state index contributed by atoms with van der Waals surface area (Å²) in [5.74, 6) is 0. The number of rotatable bonds is 3. The first-order valence-corrected chi connectivity index (χ1v) is 10.9. The molecule has 1 nitrogen and oxygen atoms in total. The van der Waals surface area contributed by atoms with E-state index in [1.807, 2.05) is 0 Å². The second kappa shape index (κ2) is 3.87. The molecule has 1 saturated heterocycles. The van der Waals surface area contributed by atoms with Gasteiger partial charge in [-0.3, -0.25) is 0 Å². The van der Waals surface area contributed by atoms with E-state index in [1.165, 1.54) is 19.3 Å².